The number of aromatic nitrogens is 2. The maximum atomic E-state index is 4.58. The topological polar surface area (TPSA) is 44.3 Å². The van der Waals surface area contributed by atoms with E-state index in [1.807, 2.05) is 36.8 Å². The van der Waals surface area contributed by atoms with Crippen LogP contribution >= 0.6 is 0 Å². The van der Waals surface area contributed by atoms with Gasteiger partial charge in [0.25, 0.3) is 0 Å². The smallest absolute Gasteiger partial charge is 0.0887 e. The molecule has 2 rings (SSSR count). The first-order valence-electron chi connectivity index (χ1n) is 10.6. The van der Waals surface area contributed by atoms with Gasteiger partial charge in [0.2, 0.25) is 0 Å². The quantitative estimate of drug-likeness (QED) is 0.515. The van der Waals surface area contributed by atoms with Crippen LogP contribution in [0.3, 0.4) is 0 Å². The van der Waals surface area contributed by atoms with Gasteiger partial charge in [0.1, 0.15) is 0 Å². The lowest BCUT2D eigenvalue weighted by atomic mass is 10.1. The molecule has 0 spiro atoms. The first kappa shape index (κ1) is 22.5. The number of likely N-dealkylation sites (N-methyl/N-ethyl adjacent to an activating group) is 1. The van der Waals surface area contributed by atoms with E-state index in [1.54, 1.807) is 0 Å². The summed E-state index contributed by atoms with van der Waals surface area (Å²) in [5.74, 6) is 0. The van der Waals surface area contributed by atoms with Crippen molar-refractivity contribution in [2.24, 2.45) is 0 Å². The zero-order valence-corrected chi connectivity index (χ0v) is 18.1. The predicted molar refractivity (Wildman–Crippen MR) is 125 cm³/mol. The zero-order valence-electron chi connectivity index (χ0n) is 18.1. The van der Waals surface area contributed by atoms with Crippen LogP contribution in [-0.4, -0.2) is 47.6 Å². The van der Waals surface area contributed by atoms with Crippen LogP contribution in [0.4, 0.5) is 11.4 Å². The number of allylic oxidation sites excluding steroid dienone is 2. The third kappa shape index (κ3) is 7.26. The number of anilines is 2. The lowest BCUT2D eigenvalue weighted by molar-refractivity contribution is 0.417. The SMILES string of the molecule is C=C(CC/C=C\N(CC)CC)c1ncccc1NCCN(CC)c1ccncc1. The first-order valence-corrected chi connectivity index (χ1v) is 10.6. The van der Waals surface area contributed by atoms with E-state index in [-0.39, 0.29) is 0 Å². The molecule has 0 radical (unpaired) electrons. The third-order valence-electron chi connectivity index (χ3n) is 4.99. The molecule has 29 heavy (non-hydrogen) atoms. The molecule has 0 fully saturated rings. The molecule has 1 N–H and O–H groups in total. The largest absolute Gasteiger partial charge is 0.382 e. The highest BCUT2D eigenvalue weighted by molar-refractivity contribution is 5.72. The summed E-state index contributed by atoms with van der Waals surface area (Å²) in [5, 5.41) is 3.55. The fourth-order valence-electron chi connectivity index (χ4n) is 3.21. The Morgan fingerprint density at radius 1 is 1.07 bits per heavy atom. The Balaban J connectivity index is 1.90. The van der Waals surface area contributed by atoms with Gasteiger partial charge >= 0.3 is 0 Å². The van der Waals surface area contributed by atoms with Crippen molar-refractivity contribution in [3.05, 3.63) is 67.4 Å². The van der Waals surface area contributed by atoms with Crippen molar-refractivity contribution in [2.75, 3.05) is 42.9 Å². The molecule has 0 unspecified atom stereocenters. The van der Waals surface area contributed by atoms with E-state index in [9.17, 15) is 0 Å². The molecule has 0 aliphatic rings. The van der Waals surface area contributed by atoms with Crippen molar-refractivity contribution in [3.8, 4) is 0 Å². The monoisotopic (exact) mass is 393 g/mol. The molecule has 0 aliphatic carbocycles. The fraction of sp³-hybridized carbons (Fsp3) is 0.417. The van der Waals surface area contributed by atoms with Crippen LogP contribution in [0.25, 0.3) is 5.57 Å². The van der Waals surface area contributed by atoms with Crippen LogP contribution in [0, 0.1) is 0 Å². The van der Waals surface area contributed by atoms with Gasteiger partial charge < -0.3 is 15.1 Å². The van der Waals surface area contributed by atoms with E-state index in [2.05, 4.69) is 70.8 Å². The van der Waals surface area contributed by atoms with Gasteiger partial charge in [-0.25, -0.2) is 0 Å². The molecule has 156 valence electrons. The van der Waals surface area contributed by atoms with Crippen LogP contribution < -0.4 is 10.2 Å². The van der Waals surface area contributed by atoms with Crippen LogP contribution in [0.15, 0.2) is 61.7 Å². The van der Waals surface area contributed by atoms with E-state index in [0.29, 0.717) is 0 Å². The molecule has 2 heterocycles. The summed E-state index contributed by atoms with van der Waals surface area (Å²) in [7, 11) is 0. The highest BCUT2D eigenvalue weighted by Gasteiger charge is 2.08. The average molecular weight is 394 g/mol. The van der Waals surface area contributed by atoms with Crippen LogP contribution in [0.1, 0.15) is 39.3 Å². The van der Waals surface area contributed by atoms with Gasteiger partial charge in [-0.05, 0) is 69.7 Å². The van der Waals surface area contributed by atoms with Gasteiger partial charge in [0.05, 0.1) is 11.4 Å². The standard InChI is InChI=1S/C24H35N5/c1-5-28(6-2)19-9-8-11-21(4)24-23(12-10-15-27-24)26-18-20-29(7-3)22-13-16-25-17-14-22/h9-10,12-17,19,26H,4-8,11,18,20H2,1-3H3/b19-9-. The van der Waals surface area contributed by atoms with Gasteiger partial charge in [-0.1, -0.05) is 12.7 Å². The molecule has 0 bridgehead atoms. The number of rotatable bonds is 13. The summed E-state index contributed by atoms with van der Waals surface area (Å²) in [6, 6.07) is 8.15. The molecule has 0 atom stereocenters. The van der Waals surface area contributed by atoms with E-state index < -0.39 is 0 Å². The zero-order chi connectivity index (χ0) is 20.9. The number of hydrogen-bond acceptors (Lipinski definition) is 5. The maximum Gasteiger partial charge on any atom is 0.0887 e. The first-order chi connectivity index (χ1) is 14.2. The van der Waals surface area contributed by atoms with Crippen molar-refractivity contribution < 1.29 is 0 Å². The van der Waals surface area contributed by atoms with Crippen LogP contribution in [0.2, 0.25) is 0 Å². The second-order valence-electron chi connectivity index (χ2n) is 6.86. The lowest BCUT2D eigenvalue weighted by Gasteiger charge is -2.23. The molecular weight excluding hydrogens is 358 g/mol. The van der Waals surface area contributed by atoms with Gasteiger partial charge in [0.15, 0.2) is 0 Å². The number of pyridine rings is 2. The van der Waals surface area contributed by atoms with E-state index in [1.165, 1.54) is 5.69 Å². The number of nitrogens with zero attached hydrogens (tertiary/aromatic N) is 4. The highest BCUT2D eigenvalue weighted by Crippen LogP contribution is 2.24. The molecule has 2 aromatic heterocycles. The number of nitrogens with one attached hydrogen (secondary N) is 1. The minimum absolute atomic E-state index is 0.837. The van der Waals surface area contributed by atoms with Crippen molar-refractivity contribution in [1.82, 2.24) is 14.9 Å². The third-order valence-corrected chi connectivity index (χ3v) is 4.99. The molecule has 5 heteroatoms. The maximum absolute atomic E-state index is 4.58. The Morgan fingerprint density at radius 3 is 2.52 bits per heavy atom. The van der Waals surface area contributed by atoms with Gasteiger partial charge in [-0.3, -0.25) is 9.97 Å². The molecule has 2 aromatic rings. The Hall–Kier alpha value is -2.82. The Morgan fingerprint density at radius 2 is 1.83 bits per heavy atom. The predicted octanol–water partition coefficient (Wildman–Crippen LogP) is 5.06. The van der Waals surface area contributed by atoms with E-state index in [4.69, 9.17) is 0 Å². The normalized spacial score (nSPS) is 10.9. The Bertz CT molecular complexity index is 753. The molecule has 0 saturated carbocycles. The molecule has 0 saturated heterocycles. The molecule has 0 aliphatic heterocycles. The van der Waals surface area contributed by atoms with Crippen molar-refractivity contribution >= 4 is 16.9 Å². The van der Waals surface area contributed by atoms with Crippen LogP contribution in [-0.2, 0) is 0 Å². The van der Waals surface area contributed by atoms with Gasteiger partial charge in [0, 0.05) is 57.0 Å². The van der Waals surface area contributed by atoms with E-state index in [0.717, 1.165) is 62.5 Å². The number of hydrogen-bond donors (Lipinski definition) is 1. The lowest BCUT2D eigenvalue weighted by Crippen LogP contribution is -2.28. The minimum atomic E-state index is 0.837. The van der Waals surface area contributed by atoms with Crippen LogP contribution in [0.5, 0.6) is 0 Å². The van der Waals surface area contributed by atoms with Crippen molar-refractivity contribution in [2.45, 2.75) is 33.6 Å². The summed E-state index contributed by atoms with van der Waals surface area (Å²) in [5.41, 5.74) is 4.28. The second kappa shape index (κ2) is 12.6. The highest BCUT2D eigenvalue weighted by atomic mass is 15.1. The Labute approximate surface area is 176 Å². The average Bonchev–Trinajstić information content (AvgIpc) is 2.77. The summed E-state index contributed by atoms with van der Waals surface area (Å²) in [6.07, 6.45) is 11.8. The fourth-order valence-corrected chi connectivity index (χ4v) is 3.21. The Kier molecular flexibility index (Phi) is 9.76. The molecular formula is C24H35N5. The molecule has 0 amide bonds. The summed E-state index contributed by atoms with van der Waals surface area (Å²) < 4.78 is 0. The summed E-state index contributed by atoms with van der Waals surface area (Å²) in [6.45, 7) is 15.6. The van der Waals surface area contributed by atoms with Crippen molar-refractivity contribution in [1.29, 1.82) is 0 Å². The van der Waals surface area contributed by atoms with Gasteiger partial charge in [-0.2, -0.15) is 0 Å². The molecule has 0 aromatic carbocycles. The summed E-state index contributed by atoms with van der Waals surface area (Å²) in [4.78, 5) is 13.3. The van der Waals surface area contributed by atoms with E-state index >= 15 is 0 Å². The minimum Gasteiger partial charge on any atom is -0.382 e. The van der Waals surface area contributed by atoms with Crippen molar-refractivity contribution in [3.63, 3.8) is 0 Å². The second-order valence-corrected chi connectivity index (χ2v) is 6.86. The van der Waals surface area contributed by atoms with Gasteiger partial charge in [-0.15, -0.1) is 0 Å². The summed E-state index contributed by atoms with van der Waals surface area (Å²) >= 11 is 0. The molecule has 5 nitrogen and oxygen atoms in total.